The second-order valence-corrected chi connectivity index (χ2v) is 7.24. The summed E-state index contributed by atoms with van der Waals surface area (Å²) in [6, 6.07) is 6.70. The maximum absolute atomic E-state index is 13.5. The van der Waals surface area contributed by atoms with Crippen LogP contribution in [0.3, 0.4) is 0 Å². The first-order valence-electron chi connectivity index (χ1n) is 8.89. The van der Waals surface area contributed by atoms with E-state index in [1.807, 2.05) is 11.0 Å². The summed E-state index contributed by atoms with van der Waals surface area (Å²) in [6.07, 6.45) is 8.20. The molecule has 1 heterocycles. The maximum atomic E-state index is 13.5. The van der Waals surface area contributed by atoms with E-state index in [9.17, 15) is 9.18 Å². The number of amides is 1. The van der Waals surface area contributed by atoms with Crippen LogP contribution in [-0.4, -0.2) is 23.9 Å². The molecule has 0 spiro atoms. The number of benzene rings is 1. The highest BCUT2D eigenvalue weighted by Crippen LogP contribution is 2.41. The van der Waals surface area contributed by atoms with Gasteiger partial charge in [0.25, 0.3) is 0 Å². The highest BCUT2D eigenvalue weighted by molar-refractivity contribution is 5.78. The Morgan fingerprint density at radius 3 is 2.74 bits per heavy atom. The Morgan fingerprint density at radius 1 is 1.26 bits per heavy atom. The molecule has 2 aliphatic rings. The monoisotopic (exact) mass is 318 g/mol. The molecule has 1 saturated heterocycles. The molecule has 1 aromatic rings. The molecule has 2 fully saturated rings. The molecule has 1 aliphatic carbocycles. The number of nitrogens with two attached hydrogens (primary N) is 1. The quantitative estimate of drug-likeness (QED) is 0.918. The van der Waals surface area contributed by atoms with Gasteiger partial charge in [0, 0.05) is 13.0 Å². The number of carbonyl (C=O) groups is 1. The summed E-state index contributed by atoms with van der Waals surface area (Å²) in [7, 11) is 0. The van der Waals surface area contributed by atoms with Crippen molar-refractivity contribution in [1.82, 2.24) is 4.90 Å². The zero-order valence-electron chi connectivity index (χ0n) is 13.8. The molecule has 1 atom stereocenters. The summed E-state index contributed by atoms with van der Waals surface area (Å²) < 4.78 is 13.5. The lowest BCUT2D eigenvalue weighted by molar-refractivity contribution is -0.135. The van der Waals surface area contributed by atoms with E-state index in [0.717, 1.165) is 37.8 Å². The van der Waals surface area contributed by atoms with Gasteiger partial charge in [0.05, 0.1) is 6.04 Å². The van der Waals surface area contributed by atoms with Crippen LogP contribution >= 0.6 is 0 Å². The van der Waals surface area contributed by atoms with Gasteiger partial charge in [-0.05, 0) is 55.3 Å². The fourth-order valence-corrected chi connectivity index (χ4v) is 4.30. The summed E-state index contributed by atoms with van der Waals surface area (Å²) >= 11 is 0. The fourth-order valence-electron chi connectivity index (χ4n) is 4.30. The van der Waals surface area contributed by atoms with Gasteiger partial charge >= 0.3 is 0 Å². The second kappa shape index (κ2) is 7.00. The zero-order valence-corrected chi connectivity index (χ0v) is 13.8. The Morgan fingerprint density at radius 2 is 2.04 bits per heavy atom. The fraction of sp³-hybridized carbons (Fsp3) is 0.632. The molecule has 0 aromatic heterocycles. The average Bonchev–Trinajstić information content (AvgIpc) is 3.05. The van der Waals surface area contributed by atoms with Crippen LogP contribution in [0.4, 0.5) is 4.39 Å². The van der Waals surface area contributed by atoms with Gasteiger partial charge in [0.2, 0.25) is 5.91 Å². The van der Waals surface area contributed by atoms with Crippen LogP contribution in [-0.2, 0) is 4.79 Å². The van der Waals surface area contributed by atoms with E-state index in [1.165, 1.54) is 25.3 Å². The van der Waals surface area contributed by atoms with Crippen molar-refractivity contribution in [2.75, 3.05) is 13.1 Å². The number of hydrogen-bond acceptors (Lipinski definition) is 2. The van der Waals surface area contributed by atoms with Gasteiger partial charge < -0.3 is 10.6 Å². The highest BCUT2D eigenvalue weighted by atomic mass is 19.1. The van der Waals surface area contributed by atoms with Crippen molar-refractivity contribution in [2.45, 2.75) is 57.4 Å². The van der Waals surface area contributed by atoms with Crippen molar-refractivity contribution in [2.24, 2.45) is 11.1 Å². The van der Waals surface area contributed by atoms with E-state index in [2.05, 4.69) is 0 Å². The lowest BCUT2D eigenvalue weighted by atomic mass is 9.71. The standard InChI is InChI=1S/C19H27FN2O/c20-16-7-4-6-15(12-16)17-8-5-11-22(17)18(23)13-19(14-21)9-2-1-3-10-19/h4,6-7,12,17H,1-3,5,8-11,13-14,21H2. The van der Waals surface area contributed by atoms with Gasteiger partial charge in [-0.25, -0.2) is 4.39 Å². The van der Waals surface area contributed by atoms with Gasteiger partial charge in [-0.3, -0.25) is 4.79 Å². The molecule has 0 radical (unpaired) electrons. The Bertz CT molecular complexity index is 554. The normalized spacial score (nSPS) is 23.9. The Labute approximate surface area is 138 Å². The summed E-state index contributed by atoms with van der Waals surface area (Å²) in [4.78, 5) is 14.9. The smallest absolute Gasteiger partial charge is 0.223 e. The predicted molar refractivity (Wildman–Crippen MR) is 89.3 cm³/mol. The number of likely N-dealkylation sites (tertiary alicyclic amines) is 1. The number of rotatable bonds is 4. The first-order valence-corrected chi connectivity index (χ1v) is 8.89. The SMILES string of the molecule is NCC1(CC(=O)N2CCCC2c2cccc(F)c2)CCCCC1. The molecule has 126 valence electrons. The summed E-state index contributed by atoms with van der Waals surface area (Å²) in [5, 5.41) is 0. The molecule has 2 N–H and O–H groups in total. The molecule has 3 rings (SSSR count). The molecular formula is C19H27FN2O. The molecule has 1 amide bonds. The summed E-state index contributed by atoms with van der Waals surface area (Å²) in [5.74, 6) is -0.0309. The van der Waals surface area contributed by atoms with Crippen LogP contribution in [0.5, 0.6) is 0 Å². The molecule has 23 heavy (non-hydrogen) atoms. The lowest BCUT2D eigenvalue weighted by Crippen LogP contribution is -2.40. The molecule has 1 aliphatic heterocycles. The van der Waals surface area contributed by atoms with Crippen molar-refractivity contribution in [3.8, 4) is 0 Å². The van der Waals surface area contributed by atoms with Crippen LogP contribution in [0.2, 0.25) is 0 Å². The van der Waals surface area contributed by atoms with Crippen LogP contribution < -0.4 is 5.73 Å². The maximum Gasteiger partial charge on any atom is 0.223 e. The zero-order chi connectivity index (χ0) is 16.3. The number of carbonyl (C=O) groups excluding carboxylic acids is 1. The molecule has 1 unspecified atom stereocenters. The number of nitrogens with zero attached hydrogens (tertiary/aromatic N) is 1. The van der Waals surface area contributed by atoms with Crippen molar-refractivity contribution in [3.05, 3.63) is 35.6 Å². The third-order valence-electron chi connectivity index (χ3n) is 5.68. The molecule has 1 saturated carbocycles. The van der Waals surface area contributed by atoms with Crippen molar-refractivity contribution < 1.29 is 9.18 Å². The minimum atomic E-state index is -0.229. The van der Waals surface area contributed by atoms with Crippen molar-refractivity contribution in [3.63, 3.8) is 0 Å². The highest BCUT2D eigenvalue weighted by Gasteiger charge is 2.37. The van der Waals surface area contributed by atoms with Gasteiger partial charge in [-0.1, -0.05) is 31.4 Å². The molecular weight excluding hydrogens is 291 g/mol. The van der Waals surface area contributed by atoms with Crippen LogP contribution in [0.25, 0.3) is 0 Å². The van der Waals surface area contributed by atoms with Gasteiger partial charge in [0.1, 0.15) is 5.82 Å². The van der Waals surface area contributed by atoms with Crippen molar-refractivity contribution >= 4 is 5.91 Å². The van der Waals surface area contributed by atoms with E-state index in [-0.39, 0.29) is 23.2 Å². The second-order valence-electron chi connectivity index (χ2n) is 7.24. The van der Waals surface area contributed by atoms with Gasteiger partial charge in [-0.2, -0.15) is 0 Å². The summed E-state index contributed by atoms with van der Waals surface area (Å²) in [5.41, 5.74) is 6.94. The third-order valence-corrected chi connectivity index (χ3v) is 5.68. The predicted octanol–water partition coefficient (Wildman–Crippen LogP) is 3.79. The van der Waals surface area contributed by atoms with Crippen LogP contribution in [0.15, 0.2) is 24.3 Å². The first-order chi connectivity index (χ1) is 11.1. The van der Waals surface area contributed by atoms with Crippen LogP contribution in [0.1, 0.15) is 63.0 Å². The number of halogens is 1. The minimum absolute atomic E-state index is 0.00951. The van der Waals surface area contributed by atoms with Crippen molar-refractivity contribution in [1.29, 1.82) is 0 Å². The largest absolute Gasteiger partial charge is 0.336 e. The van der Waals surface area contributed by atoms with Crippen LogP contribution in [0, 0.1) is 11.2 Å². The average molecular weight is 318 g/mol. The lowest BCUT2D eigenvalue weighted by Gasteiger charge is -2.37. The first kappa shape index (κ1) is 16.4. The van der Waals surface area contributed by atoms with E-state index < -0.39 is 0 Å². The number of hydrogen-bond donors (Lipinski definition) is 1. The van der Waals surface area contributed by atoms with E-state index in [4.69, 9.17) is 5.73 Å². The molecule has 0 bridgehead atoms. The van der Waals surface area contributed by atoms with E-state index in [0.29, 0.717) is 13.0 Å². The third kappa shape index (κ3) is 3.57. The molecule has 1 aromatic carbocycles. The minimum Gasteiger partial charge on any atom is -0.336 e. The Kier molecular flexibility index (Phi) is 5.00. The Balaban J connectivity index is 1.73. The Hall–Kier alpha value is -1.42. The molecule has 4 heteroatoms. The van der Waals surface area contributed by atoms with Gasteiger partial charge in [0.15, 0.2) is 0 Å². The van der Waals surface area contributed by atoms with Gasteiger partial charge in [-0.15, -0.1) is 0 Å². The van der Waals surface area contributed by atoms with E-state index >= 15 is 0 Å². The topological polar surface area (TPSA) is 46.3 Å². The van der Waals surface area contributed by atoms with E-state index in [1.54, 1.807) is 12.1 Å². The molecule has 3 nitrogen and oxygen atoms in total. The summed E-state index contributed by atoms with van der Waals surface area (Å²) in [6.45, 7) is 1.37.